The van der Waals surface area contributed by atoms with Gasteiger partial charge in [-0.3, -0.25) is 9.59 Å². The molecular formula is C15H23N5O3S. The van der Waals surface area contributed by atoms with Crippen LogP contribution in [0.25, 0.3) is 0 Å². The molecule has 132 valence electrons. The third-order valence-corrected chi connectivity index (χ3v) is 5.07. The number of hydrogen-bond acceptors (Lipinski definition) is 5. The van der Waals surface area contributed by atoms with Gasteiger partial charge in [0.2, 0.25) is 11.8 Å². The maximum absolute atomic E-state index is 12.4. The maximum atomic E-state index is 12.4. The molecule has 1 aliphatic rings. The summed E-state index contributed by atoms with van der Waals surface area (Å²) in [4.78, 5) is 43.0. The van der Waals surface area contributed by atoms with Crippen LogP contribution in [0.3, 0.4) is 0 Å². The number of hydrogen-bond donors (Lipinski definition) is 3. The van der Waals surface area contributed by atoms with Gasteiger partial charge in [0, 0.05) is 38.0 Å². The molecule has 1 unspecified atom stereocenters. The van der Waals surface area contributed by atoms with E-state index in [1.54, 1.807) is 11.3 Å². The minimum absolute atomic E-state index is 0.0410. The van der Waals surface area contributed by atoms with Crippen LogP contribution in [0.5, 0.6) is 0 Å². The molecule has 1 aromatic heterocycles. The fourth-order valence-corrected chi connectivity index (χ4v) is 3.40. The second kappa shape index (κ2) is 8.09. The molecule has 0 spiro atoms. The Balaban J connectivity index is 1.90. The maximum Gasteiger partial charge on any atom is 0.318 e. The quantitative estimate of drug-likeness (QED) is 0.690. The van der Waals surface area contributed by atoms with Gasteiger partial charge in [-0.05, 0) is 13.8 Å². The number of aromatic nitrogens is 1. The number of rotatable bonds is 5. The number of carbonyl (C=O) groups is 3. The van der Waals surface area contributed by atoms with E-state index in [2.05, 4.69) is 20.9 Å². The molecule has 0 radical (unpaired) electrons. The minimum Gasteiger partial charge on any atom is -0.359 e. The zero-order valence-corrected chi connectivity index (χ0v) is 15.0. The number of piperazine rings is 1. The summed E-state index contributed by atoms with van der Waals surface area (Å²) in [6.07, 6.45) is 0.603. The molecule has 3 N–H and O–H groups in total. The van der Waals surface area contributed by atoms with Crippen LogP contribution in [-0.2, 0) is 16.0 Å². The molecule has 24 heavy (non-hydrogen) atoms. The highest BCUT2D eigenvalue weighted by molar-refractivity contribution is 7.11. The molecule has 0 aliphatic carbocycles. The van der Waals surface area contributed by atoms with E-state index in [1.807, 2.05) is 13.8 Å². The van der Waals surface area contributed by atoms with Crippen LogP contribution in [0.2, 0.25) is 0 Å². The number of thiazole rings is 1. The van der Waals surface area contributed by atoms with Gasteiger partial charge in [-0.2, -0.15) is 0 Å². The predicted octanol–water partition coefficient (Wildman–Crippen LogP) is -0.0515. The highest BCUT2D eigenvalue weighted by Crippen LogP contribution is 2.16. The average molecular weight is 353 g/mol. The van der Waals surface area contributed by atoms with Gasteiger partial charge in [0.15, 0.2) is 0 Å². The van der Waals surface area contributed by atoms with Gasteiger partial charge in [0.25, 0.3) is 0 Å². The topological polar surface area (TPSA) is 103 Å². The second-order valence-corrected chi connectivity index (χ2v) is 6.90. The molecule has 8 nitrogen and oxygen atoms in total. The first-order valence-electron chi connectivity index (χ1n) is 7.88. The molecule has 2 heterocycles. The van der Waals surface area contributed by atoms with E-state index >= 15 is 0 Å². The number of aryl methyl sites for hydroxylation is 2. The van der Waals surface area contributed by atoms with Crippen molar-refractivity contribution < 1.29 is 14.4 Å². The molecule has 0 bridgehead atoms. The lowest BCUT2D eigenvalue weighted by Crippen LogP contribution is -2.60. The molecule has 0 aromatic carbocycles. The summed E-state index contributed by atoms with van der Waals surface area (Å²) in [6, 6.07) is -1.10. The van der Waals surface area contributed by atoms with Gasteiger partial charge in [0.1, 0.15) is 6.04 Å². The molecule has 9 heteroatoms. The highest BCUT2D eigenvalue weighted by atomic mass is 32.1. The van der Waals surface area contributed by atoms with E-state index in [-0.39, 0.29) is 24.3 Å². The molecule has 2 rings (SSSR count). The molecule has 0 saturated carbocycles. The first kappa shape index (κ1) is 18.2. The smallest absolute Gasteiger partial charge is 0.318 e. The van der Waals surface area contributed by atoms with Crippen LogP contribution in [0.1, 0.15) is 22.0 Å². The first-order valence-corrected chi connectivity index (χ1v) is 8.69. The van der Waals surface area contributed by atoms with Crippen molar-refractivity contribution in [3.05, 3.63) is 15.6 Å². The third kappa shape index (κ3) is 4.44. The Morgan fingerprint density at radius 2 is 2.17 bits per heavy atom. The predicted molar refractivity (Wildman–Crippen MR) is 90.9 cm³/mol. The molecule has 1 saturated heterocycles. The zero-order valence-electron chi connectivity index (χ0n) is 14.1. The Morgan fingerprint density at radius 1 is 1.42 bits per heavy atom. The van der Waals surface area contributed by atoms with E-state index < -0.39 is 6.04 Å². The number of nitrogens with zero attached hydrogens (tertiary/aromatic N) is 2. The van der Waals surface area contributed by atoms with Crippen LogP contribution >= 0.6 is 11.3 Å². The zero-order chi connectivity index (χ0) is 17.7. The lowest BCUT2D eigenvalue weighted by atomic mass is 10.1. The summed E-state index contributed by atoms with van der Waals surface area (Å²) in [7, 11) is 1.51. The summed E-state index contributed by atoms with van der Waals surface area (Å²) in [6.45, 7) is 5.19. The van der Waals surface area contributed by atoms with Crippen molar-refractivity contribution in [1.29, 1.82) is 0 Å². The number of urea groups is 1. The largest absolute Gasteiger partial charge is 0.359 e. The van der Waals surface area contributed by atoms with E-state index in [4.69, 9.17) is 0 Å². The van der Waals surface area contributed by atoms with Crippen LogP contribution in [-0.4, -0.2) is 60.5 Å². The lowest BCUT2D eigenvalue weighted by molar-refractivity contribution is -0.132. The Hall–Kier alpha value is -2.16. The van der Waals surface area contributed by atoms with Crippen LogP contribution in [0.15, 0.2) is 0 Å². The highest BCUT2D eigenvalue weighted by Gasteiger charge is 2.34. The summed E-state index contributed by atoms with van der Waals surface area (Å²) in [5.74, 6) is -0.574. The van der Waals surface area contributed by atoms with Gasteiger partial charge in [-0.15, -0.1) is 11.3 Å². The number of nitrogens with one attached hydrogen (secondary N) is 3. The summed E-state index contributed by atoms with van der Waals surface area (Å²) >= 11 is 1.62. The fraction of sp³-hybridized carbons (Fsp3) is 0.600. The van der Waals surface area contributed by atoms with Gasteiger partial charge < -0.3 is 20.9 Å². The molecule has 1 aliphatic heterocycles. The first-order chi connectivity index (χ1) is 11.4. The van der Waals surface area contributed by atoms with Crippen molar-refractivity contribution >= 4 is 29.2 Å². The Labute approximate surface area is 145 Å². The SMILES string of the molecule is CNC(=O)CC1C(=O)NCCN1C(=O)NCCc1nc(C)c(C)s1. The lowest BCUT2D eigenvalue weighted by Gasteiger charge is -2.34. The minimum atomic E-state index is -0.775. The van der Waals surface area contributed by atoms with Crippen LogP contribution in [0, 0.1) is 13.8 Å². The van der Waals surface area contributed by atoms with E-state index in [9.17, 15) is 14.4 Å². The molecule has 4 amide bonds. The molecule has 1 fully saturated rings. The Morgan fingerprint density at radius 3 is 2.79 bits per heavy atom. The number of carbonyl (C=O) groups excluding carboxylic acids is 3. The van der Waals surface area contributed by atoms with Gasteiger partial charge in [0.05, 0.1) is 17.1 Å². The molecular weight excluding hydrogens is 330 g/mol. The third-order valence-electron chi connectivity index (χ3n) is 3.94. The fourth-order valence-electron chi connectivity index (χ4n) is 2.46. The van der Waals surface area contributed by atoms with Crippen molar-refractivity contribution in [3.8, 4) is 0 Å². The van der Waals surface area contributed by atoms with Gasteiger partial charge >= 0.3 is 6.03 Å². The van der Waals surface area contributed by atoms with E-state index in [0.717, 1.165) is 10.7 Å². The number of amides is 4. The summed E-state index contributed by atoms with van der Waals surface area (Å²) in [5.41, 5.74) is 1.01. The Bertz CT molecular complexity index is 611. The van der Waals surface area contributed by atoms with Crippen molar-refractivity contribution in [3.63, 3.8) is 0 Å². The van der Waals surface area contributed by atoms with Crippen molar-refractivity contribution in [2.45, 2.75) is 32.7 Å². The standard InChI is InChI=1S/C15H23N5O3S/c1-9-10(2)24-13(19-9)4-5-18-15(23)20-7-6-17-14(22)11(20)8-12(21)16-3/h11H,4-8H2,1-3H3,(H,16,21)(H,17,22)(H,18,23). The summed E-state index contributed by atoms with van der Waals surface area (Å²) < 4.78 is 0. The van der Waals surface area contributed by atoms with Crippen molar-refractivity contribution in [1.82, 2.24) is 25.8 Å². The monoisotopic (exact) mass is 353 g/mol. The van der Waals surface area contributed by atoms with E-state index in [0.29, 0.717) is 26.1 Å². The van der Waals surface area contributed by atoms with E-state index in [1.165, 1.54) is 16.8 Å². The normalized spacial score (nSPS) is 17.4. The second-order valence-electron chi connectivity index (χ2n) is 5.61. The van der Waals surface area contributed by atoms with Gasteiger partial charge in [-0.25, -0.2) is 9.78 Å². The average Bonchev–Trinajstić information content (AvgIpc) is 2.87. The van der Waals surface area contributed by atoms with Crippen molar-refractivity contribution in [2.24, 2.45) is 0 Å². The Kier molecular flexibility index (Phi) is 6.13. The van der Waals surface area contributed by atoms with Crippen molar-refractivity contribution in [2.75, 3.05) is 26.7 Å². The molecule has 1 aromatic rings. The molecule has 1 atom stereocenters. The van der Waals surface area contributed by atoms with Gasteiger partial charge in [-0.1, -0.05) is 0 Å². The summed E-state index contributed by atoms with van der Waals surface area (Å²) in [5, 5.41) is 8.96. The van der Waals surface area contributed by atoms with Crippen LogP contribution < -0.4 is 16.0 Å². The van der Waals surface area contributed by atoms with Crippen LogP contribution in [0.4, 0.5) is 4.79 Å².